The predicted molar refractivity (Wildman–Crippen MR) is 226 cm³/mol. The number of nitrogens with zero attached hydrogens (tertiary/aromatic N) is 6. The molecule has 8 nitrogen and oxygen atoms in total. The van der Waals surface area contributed by atoms with Crippen molar-refractivity contribution in [2.45, 2.75) is 0 Å². The number of para-hydroxylation sites is 4. The highest BCUT2D eigenvalue weighted by atomic mass is 16.3. The first-order valence-electron chi connectivity index (χ1n) is 18.7. The summed E-state index contributed by atoms with van der Waals surface area (Å²) < 4.78 is 15.0. The lowest BCUT2D eigenvalue weighted by atomic mass is 10.00. The minimum atomic E-state index is 0.497. The lowest BCUT2D eigenvalue weighted by Crippen LogP contribution is -2.01. The highest BCUT2D eigenvalue weighted by molar-refractivity contribution is 6.14. The van der Waals surface area contributed by atoms with Crippen LogP contribution in [0.25, 0.3) is 117 Å². The largest absolute Gasteiger partial charge is 0.455 e. The molecule has 7 aromatic carbocycles. The third-order valence-corrected chi connectivity index (χ3v) is 10.8. The van der Waals surface area contributed by atoms with Gasteiger partial charge in [-0.25, -0.2) is 19.6 Å². The molecular weight excluding hydrogens is 705 g/mol. The average Bonchev–Trinajstić information content (AvgIpc) is 3.99. The summed E-state index contributed by atoms with van der Waals surface area (Å²) in [6, 6.07) is 53.3. The van der Waals surface area contributed by atoms with Crippen molar-refractivity contribution in [2.75, 3.05) is 0 Å². The van der Waals surface area contributed by atoms with Crippen molar-refractivity contribution < 1.29 is 8.83 Å². The molecule has 0 fully saturated rings. The molecule has 12 rings (SSSR count). The summed E-state index contributed by atoms with van der Waals surface area (Å²) >= 11 is 0. The van der Waals surface area contributed by atoms with E-state index in [1.165, 1.54) is 0 Å². The van der Waals surface area contributed by atoms with Crippen LogP contribution in [-0.4, -0.2) is 29.7 Å². The Balaban J connectivity index is 1.10. The van der Waals surface area contributed by atoms with Gasteiger partial charge in [0, 0.05) is 50.5 Å². The first-order valence-corrected chi connectivity index (χ1v) is 18.7. The maximum Gasteiger partial charge on any atom is 0.167 e. The van der Waals surface area contributed by atoms with Crippen LogP contribution in [0.2, 0.25) is 0 Å². The number of furan rings is 2. The molecule has 0 radical (unpaired) electrons. The maximum atomic E-state index is 6.50. The van der Waals surface area contributed by atoms with Gasteiger partial charge in [0.25, 0.3) is 0 Å². The highest BCUT2D eigenvalue weighted by Gasteiger charge is 2.22. The number of fused-ring (bicyclic) bond motifs is 9. The Labute approximate surface area is 324 Å². The Hall–Kier alpha value is -7.97. The minimum Gasteiger partial charge on any atom is -0.455 e. The van der Waals surface area contributed by atoms with Gasteiger partial charge in [-0.05, 0) is 59.3 Å². The van der Waals surface area contributed by atoms with Gasteiger partial charge in [0.05, 0.1) is 22.3 Å². The standard InChI is InChI=1S/C49H28N6O2/c1-2-13-33-29(10-1)22-23-40-43(33)44(54-55(40)32-24-26-50-27-25-32)30-11-7-12-31(28-30)47-51-48(38-18-8-16-36-34-14-3-5-20-41(34)56-45(36)38)53-49(52-47)39-19-9-17-37-35-15-4-6-21-42(35)57-46(37)39/h1-28H. The lowest BCUT2D eigenvalue weighted by Gasteiger charge is -2.10. The van der Waals surface area contributed by atoms with Crippen molar-refractivity contribution in [3.8, 4) is 51.1 Å². The first kappa shape index (κ1) is 31.4. The molecule has 5 heterocycles. The minimum absolute atomic E-state index is 0.497. The van der Waals surface area contributed by atoms with Gasteiger partial charge < -0.3 is 8.83 Å². The van der Waals surface area contributed by atoms with Gasteiger partial charge in [-0.15, -0.1) is 0 Å². The monoisotopic (exact) mass is 732 g/mol. The summed E-state index contributed by atoms with van der Waals surface area (Å²) in [7, 11) is 0. The number of hydrogen-bond acceptors (Lipinski definition) is 7. The van der Waals surface area contributed by atoms with Gasteiger partial charge in [-0.3, -0.25) is 4.98 Å². The van der Waals surface area contributed by atoms with E-state index in [4.69, 9.17) is 28.9 Å². The summed E-state index contributed by atoms with van der Waals surface area (Å²) in [6.45, 7) is 0. The Bertz CT molecular complexity index is 3410. The Kier molecular flexibility index (Phi) is 6.76. The van der Waals surface area contributed by atoms with Crippen molar-refractivity contribution in [1.82, 2.24) is 29.7 Å². The smallest absolute Gasteiger partial charge is 0.167 e. The number of rotatable bonds is 5. The zero-order valence-electron chi connectivity index (χ0n) is 30.2. The molecule has 0 spiro atoms. The molecule has 0 aliphatic carbocycles. The number of hydrogen-bond donors (Lipinski definition) is 0. The highest BCUT2D eigenvalue weighted by Crippen LogP contribution is 2.40. The van der Waals surface area contributed by atoms with E-state index in [2.05, 4.69) is 77.8 Å². The molecule has 0 aliphatic heterocycles. The summed E-state index contributed by atoms with van der Waals surface area (Å²) in [5, 5.41) is 12.7. The van der Waals surface area contributed by atoms with E-state index in [0.29, 0.717) is 17.5 Å². The van der Waals surface area contributed by atoms with E-state index in [1.54, 1.807) is 12.4 Å². The summed E-state index contributed by atoms with van der Waals surface area (Å²) in [5.74, 6) is 1.51. The fraction of sp³-hybridized carbons (Fsp3) is 0. The molecule has 266 valence electrons. The SMILES string of the molecule is c1cc(-c2nc(-c3cccc4c3oc3ccccc34)nc(-c3cccc4c3oc3ccccc34)n2)cc(-c2nn(-c3ccncc3)c3ccc4ccccc4c23)c1. The molecule has 0 bridgehead atoms. The second-order valence-corrected chi connectivity index (χ2v) is 14.1. The van der Waals surface area contributed by atoms with Crippen molar-refractivity contribution in [3.05, 3.63) is 170 Å². The molecule has 0 aliphatic rings. The predicted octanol–water partition coefficient (Wildman–Crippen LogP) is 12.2. The Morgan fingerprint density at radius 2 is 1.00 bits per heavy atom. The normalized spacial score (nSPS) is 11.9. The fourth-order valence-corrected chi connectivity index (χ4v) is 8.17. The molecule has 0 saturated heterocycles. The van der Waals surface area contributed by atoms with Crippen LogP contribution in [0.3, 0.4) is 0 Å². The summed E-state index contributed by atoms with van der Waals surface area (Å²) in [5.41, 5.74) is 9.14. The van der Waals surface area contributed by atoms with E-state index in [1.807, 2.05) is 89.6 Å². The van der Waals surface area contributed by atoms with Crippen LogP contribution in [0.1, 0.15) is 0 Å². The van der Waals surface area contributed by atoms with E-state index < -0.39 is 0 Å². The Morgan fingerprint density at radius 1 is 0.439 bits per heavy atom. The van der Waals surface area contributed by atoms with E-state index >= 15 is 0 Å². The van der Waals surface area contributed by atoms with Gasteiger partial charge in [0.1, 0.15) is 28.0 Å². The van der Waals surface area contributed by atoms with Crippen LogP contribution in [0.4, 0.5) is 0 Å². The number of pyridine rings is 1. The van der Waals surface area contributed by atoms with Crippen LogP contribution < -0.4 is 0 Å². The van der Waals surface area contributed by atoms with E-state index in [9.17, 15) is 0 Å². The van der Waals surface area contributed by atoms with Crippen molar-refractivity contribution >= 4 is 65.6 Å². The lowest BCUT2D eigenvalue weighted by molar-refractivity contribution is 0.669. The maximum absolute atomic E-state index is 6.50. The first-order chi connectivity index (χ1) is 28.2. The van der Waals surface area contributed by atoms with Gasteiger partial charge in [0.15, 0.2) is 17.5 Å². The van der Waals surface area contributed by atoms with Crippen LogP contribution in [0.5, 0.6) is 0 Å². The summed E-state index contributed by atoms with van der Waals surface area (Å²) in [4.78, 5) is 19.8. The molecule has 8 heteroatoms. The quantitative estimate of drug-likeness (QED) is 0.174. The zero-order valence-corrected chi connectivity index (χ0v) is 30.2. The van der Waals surface area contributed by atoms with Crippen molar-refractivity contribution in [2.24, 2.45) is 0 Å². The molecule has 0 atom stereocenters. The van der Waals surface area contributed by atoms with Crippen LogP contribution in [-0.2, 0) is 0 Å². The average molecular weight is 733 g/mol. The third-order valence-electron chi connectivity index (χ3n) is 10.8. The fourth-order valence-electron chi connectivity index (χ4n) is 8.17. The zero-order chi connectivity index (χ0) is 37.5. The molecule has 5 aromatic heterocycles. The molecule has 0 unspecified atom stereocenters. The van der Waals surface area contributed by atoms with Crippen LogP contribution >= 0.6 is 0 Å². The Morgan fingerprint density at radius 3 is 1.68 bits per heavy atom. The molecule has 0 saturated carbocycles. The van der Waals surface area contributed by atoms with E-state index in [-0.39, 0.29) is 0 Å². The molecule has 12 aromatic rings. The number of aromatic nitrogens is 6. The molecular formula is C49H28N6O2. The van der Waals surface area contributed by atoms with Gasteiger partial charge in [0.2, 0.25) is 0 Å². The molecule has 0 amide bonds. The van der Waals surface area contributed by atoms with Gasteiger partial charge >= 0.3 is 0 Å². The van der Waals surface area contributed by atoms with E-state index in [0.717, 1.165) is 99.2 Å². The molecule has 57 heavy (non-hydrogen) atoms. The van der Waals surface area contributed by atoms with Crippen LogP contribution in [0, 0.1) is 0 Å². The summed E-state index contributed by atoms with van der Waals surface area (Å²) in [6.07, 6.45) is 3.58. The van der Waals surface area contributed by atoms with Gasteiger partial charge in [-0.1, -0.05) is 109 Å². The second-order valence-electron chi connectivity index (χ2n) is 14.1. The van der Waals surface area contributed by atoms with Crippen molar-refractivity contribution in [3.63, 3.8) is 0 Å². The number of benzene rings is 7. The van der Waals surface area contributed by atoms with Crippen molar-refractivity contribution in [1.29, 1.82) is 0 Å². The molecule has 0 N–H and O–H groups in total. The van der Waals surface area contributed by atoms with Gasteiger partial charge in [-0.2, -0.15) is 5.10 Å². The topological polar surface area (TPSA) is 95.7 Å². The third kappa shape index (κ3) is 4.91. The second kappa shape index (κ2) is 12.3. The van der Waals surface area contributed by atoms with Crippen LogP contribution in [0.15, 0.2) is 179 Å².